The van der Waals surface area contributed by atoms with Crippen LogP contribution in [0.2, 0.25) is 0 Å². The van der Waals surface area contributed by atoms with E-state index in [4.69, 9.17) is 4.74 Å². The molecule has 0 aliphatic carbocycles. The third-order valence-electron chi connectivity index (χ3n) is 4.31. The number of amides is 2. The molecule has 0 aromatic carbocycles. The number of ether oxygens (including phenoxy) is 1. The van der Waals surface area contributed by atoms with Crippen molar-refractivity contribution in [1.82, 2.24) is 10.2 Å². The Morgan fingerprint density at radius 2 is 2.29 bits per heavy atom. The van der Waals surface area contributed by atoms with E-state index in [0.29, 0.717) is 19.6 Å². The lowest BCUT2D eigenvalue weighted by molar-refractivity contribution is -0.116. The predicted molar refractivity (Wildman–Crippen MR) is 94.4 cm³/mol. The van der Waals surface area contributed by atoms with Crippen LogP contribution < -0.4 is 15.5 Å². The fraction of sp³-hybridized carbons (Fsp3) is 0.625. The van der Waals surface area contributed by atoms with E-state index in [2.05, 4.69) is 15.5 Å². The smallest absolute Gasteiger partial charge is 0.226 e. The third-order valence-corrected chi connectivity index (χ3v) is 5.33. The van der Waals surface area contributed by atoms with Gasteiger partial charge in [-0.05, 0) is 38.1 Å². The molecule has 2 N–H and O–H groups in total. The second-order valence-electron chi connectivity index (χ2n) is 6.04. The summed E-state index contributed by atoms with van der Waals surface area (Å²) in [4.78, 5) is 27.4. The first-order valence-electron chi connectivity index (χ1n) is 8.43. The van der Waals surface area contributed by atoms with Crippen LogP contribution in [0.1, 0.15) is 19.3 Å². The minimum atomic E-state index is -0.159. The molecule has 1 aromatic rings. The van der Waals surface area contributed by atoms with Gasteiger partial charge in [-0.15, -0.1) is 11.3 Å². The Bertz CT molecular complexity index is 553. The molecule has 1 unspecified atom stereocenters. The maximum atomic E-state index is 12.1. The van der Waals surface area contributed by atoms with E-state index in [0.717, 1.165) is 42.6 Å². The molecule has 0 saturated carbocycles. The van der Waals surface area contributed by atoms with E-state index in [9.17, 15) is 9.59 Å². The van der Waals surface area contributed by atoms with Crippen LogP contribution in [0.15, 0.2) is 12.1 Å². The molecule has 2 amide bonds. The minimum absolute atomic E-state index is 0.0204. The van der Waals surface area contributed by atoms with E-state index < -0.39 is 0 Å². The molecule has 2 aliphatic heterocycles. The van der Waals surface area contributed by atoms with E-state index >= 15 is 0 Å². The van der Waals surface area contributed by atoms with Gasteiger partial charge in [-0.25, -0.2) is 0 Å². The summed E-state index contributed by atoms with van der Waals surface area (Å²) in [5.41, 5.74) is 0. The van der Waals surface area contributed by atoms with Crippen LogP contribution in [0.25, 0.3) is 0 Å². The van der Waals surface area contributed by atoms with Crippen molar-refractivity contribution < 1.29 is 14.3 Å². The first-order valence-corrected chi connectivity index (χ1v) is 9.25. The van der Waals surface area contributed by atoms with Gasteiger partial charge in [0.05, 0.1) is 18.2 Å². The third kappa shape index (κ3) is 4.54. The molecule has 2 aliphatic rings. The zero-order valence-electron chi connectivity index (χ0n) is 13.7. The Morgan fingerprint density at radius 3 is 3.00 bits per heavy atom. The summed E-state index contributed by atoms with van der Waals surface area (Å²) in [7, 11) is 0. The van der Waals surface area contributed by atoms with Crippen molar-refractivity contribution in [3.05, 3.63) is 12.1 Å². The zero-order chi connectivity index (χ0) is 16.8. The number of thiophene rings is 1. The SMILES string of the molecule is O=CN(c1ccc(NC(=O)CCN2CCCC2)s1)C1COCCN1. The summed E-state index contributed by atoms with van der Waals surface area (Å²) in [6.07, 6.45) is 3.61. The average molecular weight is 352 g/mol. The van der Waals surface area contributed by atoms with Crippen molar-refractivity contribution in [3.8, 4) is 0 Å². The molecule has 24 heavy (non-hydrogen) atoms. The molecule has 2 saturated heterocycles. The van der Waals surface area contributed by atoms with Crippen molar-refractivity contribution in [2.24, 2.45) is 0 Å². The van der Waals surface area contributed by atoms with Crippen LogP contribution >= 0.6 is 11.3 Å². The lowest BCUT2D eigenvalue weighted by atomic mass is 10.3. The minimum Gasteiger partial charge on any atom is -0.377 e. The van der Waals surface area contributed by atoms with Crippen LogP contribution in [0.3, 0.4) is 0 Å². The van der Waals surface area contributed by atoms with Gasteiger partial charge >= 0.3 is 0 Å². The molecular formula is C16H24N4O3S. The molecule has 7 nitrogen and oxygen atoms in total. The van der Waals surface area contributed by atoms with Gasteiger partial charge in [-0.1, -0.05) is 0 Å². The number of nitrogens with zero attached hydrogens (tertiary/aromatic N) is 2. The number of anilines is 2. The van der Waals surface area contributed by atoms with Gasteiger partial charge in [0.1, 0.15) is 11.2 Å². The normalized spacial score (nSPS) is 21.6. The van der Waals surface area contributed by atoms with Crippen molar-refractivity contribution >= 4 is 33.7 Å². The van der Waals surface area contributed by atoms with Crippen molar-refractivity contribution in [1.29, 1.82) is 0 Å². The van der Waals surface area contributed by atoms with E-state index in [1.807, 2.05) is 12.1 Å². The topological polar surface area (TPSA) is 73.9 Å². The van der Waals surface area contributed by atoms with E-state index in [1.54, 1.807) is 4.90 Å². The fourth-order valence-electron chi connectivity index (χ4n) is 3.01. The largest absolute Gasteiger partial charge is 0.377 e. The summed E-state index contributed by atoms with van der Waals surface area (Å²) < 4.78 is 5.41. The Morgan fingerprint density at radius 1 is 1.46 bits per heavy atom. The first-order chi connectivity index (χ1) is 11.8. The number of carbonyl (C=O) groups is 2. The quantitative estimate of drug-likeness (QED) is 0.719. The second kappa shape index (κ2) is 8.57. The Kier molecular flexibility index (Phi) is 6.19. The molecule has 2 fully saturated rings. The van der Waals surface area contributed by atoms with E-state index in [1.165, 1.54) is 24.2 Å². The van der Waals surface area contributed by atoms with Crippen molar-refractivity contribution in [2.75, 3.05) is 49.6 Å². The van der Waals surface area contributed by atoms with E-state index in [-0.39, 0.29) is 12.1 Å². The van der Waals surface area contributed by atoms with Gasteiger partial charge in [0, 0.05) is 19.5 Å². The fourth-order valence-corrected chi connectivity index (χ4v) is 3.95. The monoisotopic (exact) mass is 352 g/mol. The lowest BCUT2D eigenvalue weighted by Crippen LogP contribution is -2.52. The zero-order valence-corrected chi connectivity index (χ0v) is 14.5. The van der Waals surface area contributed by atoms with Gasteiger partial charge in [0.25, 0.3) is 0 Å². The molecule has 1 atom stereocenters. The Labute approximate surface area is 145 Å². The number of hydrogen-bond donors (Lipinski definition) is 2. The van der Waals surface area contributed by atoms with Crippen LogP contribution in [-0.2, 0) is 14.3 Å². The highest BCUT2D eigenvalue weighted by Crippen LogP contribution is 2.30. The highest BCUT2D eigenvalue weighted by atomic mass is 32.1. The second-order valence-corrected chi connectivity index (χ2v) is 7.10. The first kappa shape index (κ1) is 17.3. The molecule has 1 aromatic heterocycles. The number of rotatable bonds is 7. The molecule has 0 radical (unpaired) electrons. The molecule has 8 heteroatoms. The van der Waals surface area contributed by atoms with Crippen LogP contribution in [0.4, 0.5) is 10.0 Å². The molecule has 0 bridgehead atoms. The number of hydrogen-bond acceptors (Lipinski definition) is 6. The van der Waals surface area contributed by atoms with Gasteiger partial charge in [0.2, 0.25) is 12.3 Å². The summed E-state index contributed by atoms with van der Waals surface area (Å²) in [6.45, 7) is 4.86. The Hall–Kier alpha value is -1.48. The molecule has 3 heterocycles. The number of morpholine rings is 1. The lowest BCUT2D eigenvalue weighted by Gasteiger charge is -2.31. The highest BCUT2D eigenvalue weighted by molar-refractivity contribution is 7.20. The van der Waals surface area contributed by atoms with Crippen molar-refractivity contribution in [3.63, 3.8) is 0 Å². The van der Waals surface area contributed by atoms with Gasteiger partial charge in [-0.2, -0.15) is 0 Å². The van der Waals surface area contributed by atoms with Crippen molar-refractivity contribution in [2.45, 2.75) is 25.4 Å². The maximum absolute atomic E-state index is 12.1. The summed E-state index contributed by atoms with van der Waals surface area (Å²) in [5, 5.41) is 7.74. The number of carbonyl (C=O) groups excluding carboxylic acids is 2. The standard InChI is InChI=1S/C16H24N4O3S/c21-12-20(13-11-23-10-6-17-13)16-4-3-15(24-16)18-14(22)5-9-19-7-1-2-8-19/h3-4,12-13,17H,1-2,5-11H2,(H,18,22). The van der Waals surface area contributed by atoms with Crippen LogP contribution in [0, 0.1) is 0 Å². The summed E-state index contributed by atoms with van der Waals surface area (Å²) in [6, 6.07) is 3.69. The molecule has 3 rings (SSSR count). The van der Waals surface area contributed by atoms with Crippen LogP contribution in [0.5, 0.6) is 0 Å². The molecule has 132 valence electrons. The average Bonchev–Trinajstić information content (AvgIpc) is 3.27. The number of nitrogens with one attached hydrogen (secondary N) is 2. The summed E-state index contributed by atoms with van der Waals surface area (Å²) in [5.74, 6) is 0.0204. The van der Waals surface area contributed by atoms with Gasteiger partial charge in [-0.3, -0.25) is 19.8 Å². The Balaban J connectivity index is 1.51. The highest BCUT2D eigenvalue weighted by Gasteiger charge is 2.22. The number of likely N-dealkylation sites (tertiary alicyclic amines) is 1. The van der Waals surface area contributed by atoms with Crippen LogP contribution in [-0.4, -0.2) is 62.8 Å². The van der Waals surface area contributed by atoms with Gasteiger partial charge in [0.15, 0.2) is 0 Å². The van der Waals surface area contributed by atoms with Gasteiger partial charge < -0.3 is 15.0 Å². The predicted octanol–water partition coefficient (Wildman–Crippen LogP) is 1.08. The maximum Gasteiger partial charge on any atom is 0.226 e. The molecule has 0 spiro atoms. The molecular weight excluding hydrogens is 328 g/mol. The summed E-state index contributed by atoms with van der Waals surface area (Å²) >= 11 is 1.40.